The van der Waals surface area contributed by atoms with Crippen molar-refractivity contribution in [3.05, 3.63) is 82.2 Å². The van der Waals surface area contributed by atoms with Crippen molar-refractivity contribution in [3.63, 3.8) is 0 Å². The Hall–Kier alpha value is -4.79. The molecule has 0 fully saturated rings. The van der Waals surface area contributed by atoms with Crippen molar-refractivity contribution in [2.24, 2.45) is 5.10 Å². The number of hydrazone groups is 1. The Labute approximate surface area is 195 Å². The molecule has 0 aliphatic carbocycles. The zero-order valence-corrected chi connectivity index (χ0v) is 17.8. The molecule has 1 aliphatic heterocycles. The van der Waals surface area contributed by atoms with Crippen molar-refractivity contribution in [1.29, 1.82) is 5.26 Å². The van der Waals surface area contributed by atoms with Gasteiger partial charge < -0.3 is 5.73 Å². The van der Waals surface area contributed by atoms with E-state index in [0.29, 0.717) is 5.69 Å². The van der Waals surface area contributed by atoms with Crippen molar-refractivity contribution >= 4 is 28.8 Å². The smallest absolute Gasteiger partial charge is 0.382 e. The van der Waals surface area contributed by atoms with Gasteiger partial charge in [-0.3, -0.25) is 9.36 Å². The molecule has 35 heavy (non-hydrogen) atoms. The predicted octanol–water partition coefficient (Wildman–Crippen LogP) is 3.59. The number of nitrogens with two attached hydrogens (primary N) is 1. The summed E-state index contributed by atoms with van der Waals surface area (Å²) in [5.74, 6) is 0.170. The lowest BCUT2D eigenvalue weighted by molar-refractivity contribution is -0.136. The molecule has 1 aliphatic rings. The van der Waals surface area contributed by atoms with Gasteiger partial charge in [-0.05, 0) is 24.3 Å². The molecule has 1 atom stereocenters. The number of hydrogen-bond acceptors (Lipinski definition) is 8. The third-order valence-electron chi connectivity index (χ3n) is 5.56. The highest BCUT2D eigenvalue weighted by atomic mass is 19.4. The summed E-state index contributed by atoms with van der Waals surface area (Å²) in [5.41, 5.74) is 4.08. The molecule has 0 bridgehead atoms. The van der Waals surface area contributed by atoms with Gasteiger partial charge in [0.05, 0.1) is 22.2 Å². The molecule has 174 valence electrons. The lowest BCUT2D eigenvalue weighted by Crippen LogP contribution is -2.32. The molecule has 12 heteroatoms. The van der Waals surface area contributed by atoms with Gasteiger partial charge in [0, 0.05) is 12.6 Å². The van der Waals surface area contributed by atoms with Crippen LogP contribution in [0.5, 0.6) is 0 Å². The minimum atomic E-state index is -4.75. The van der Waals surface area contributed by atoms with Crippen molar-refractivity contribution in [2.45, 2.75) is 18.6 Å². The monoisotopic (exact) mass is 476 g/mol. The molecule has 0 radical (unpaired) electrons. The summed E-state index contributed by atoms with van der Waals surface area (Å²) in [4.78, 5) is 26.1. The minimum Gasteiger partial charge on any atom is -0.382 e. The summed E-state index contributed by atoms with van der Waals surface area (Å²) >= 11 is 0. The fourth-order valence-corrected chi connectivity index (χ4v) is 4.04. The zero-order chi connectivity index (χ0) is 24.7. The molecule has 5 rings (SSSR count). The quantitative estimate of drug-likeness (QED) is 0.479. The molecule has 4 aromatic rings. The average Bonchev–Trinajstić information content (AvgIpc) is 3.33. The first-order chi connectivity index (χ1) is 16.8. The first-order valence-corrected chi connectivity index (χ1v) is 10.3. The molecule has 2 aromatic heterocycles. The third kappa shape index (κ3) is 3.63. The molecule has 0 spiro atoms. The molecule has 2 N–H and O–H groups in total. The number of anilines is 2. The van der Waals surface area contributed by atoms with E-state index in [1.807, 2.05) is 6.07 Å². The van der Waals surface area contributed by atoms with Crippen LogP contribution in [-0.4, -0.2) is 25.7 Å². The van der Waals surface area contributed by atoms with Gasteiger partial charge in [0.1, 0.15) is 35.6 Å². The van der Waals surface area contributed by atoms with Gasteiger partial charge in [0.25, 0.3) is 5.56 Å². The van der Waals surface area contributed by atoms with Crippen LogP contribution in [0.2, 0.25) is 0 Å². The van der Waals surface area contributed by atoms with Crippen LogP contribution in [-0.2, 0) is 6.18 Å². The molecular formula is C23H15F3N8O. The van der Waals surface area contributed by atoms with Crippen LogP contribution >= 0.6 is 0 Å². The number of halogens is 3. The molecule has 0 amide bonds. The van der Waals surface area contributed by atoms with E-state index in [2.05, 4.69) is 20.1 Å². The maximum Gasteiger partial charge on any atom is 0.417 e. The number of aromatic nitrogens is 4. The molecule has 0 saturated heterocycles. The third-order valence-corrected chi connectivity index (χ3v) is 5.56. The lowest BCUT2D eigenvalue weighted by atomic mass is 10.1. The number of para-hydroxylation sites is 1. The summed E-state index contributed by atoms with van der Waals surface area (Å²) in [6, 6.07) is 12.8. The van der Waals surface area contributed by atoms with Gasteiger partial charge in [-0.1, -0.05) is 24.3 Å². The highest BCUT2D eigenvalue weighted by Crippen LogP contribution is 2.37. The van der Waals surface area contributed by atoms with Crippen LogP contribution in [0.15, 0.2) is 64.8 Å². The van der Waals surface area contributed by atoms with E-state index in [4.69, 9.17) is 5.73 Å². The second kappa shape index (κ2) is 8.21. The standard InChI is InChI=1S/C23H15F3N8O/c24-23(25,26)15-7-4-8-16-18(15)22(35)33(13-5-2-1-3-6-13)21(32-16)17-9-10-31-34(17)20-14(11-27)19(28)29-12-30-20/h1-8,10,12,17H,9H2,(H2,28,29,30)/t17-/m0/s1. The summed E-state index contributed by atoms with van der Waals surface area (Å²) in [5, 5.41) is 14.7. The Balaban J connectivity index is 1.81. The molecule has 3 heterocycles. The van der Waals surface area contributed by atoms with Crippen molar-refractivity contribution < 1.29 is 13.2 Å². The highest BCUT2D eigenvalue weighted by molar-refractivity contribution is 5.83. The van der Waals surface area contributed by atoms with E-state index in [-0.39, 0.29) is 35.0 Å². The molecule has 0 unspecified atom stereocenters. The number of nitrogens with zero attached hydrogens (tertiary/aromatic N) is 7. The number of hydrogen-bond donors (Lipinski definition) is 1. The number of nitrogen functional groups attached to an aromatic ring is 1. The Morgan fingerprint density at radius 3 is 2.57 bits per heavy atom. The average molecular weight is 476 g/mol. The Kier molecular flexibility index (Phi) is 5.17. The topological polar surface area (TPSA) is 126 Å². The van der Waals surface area contributed by atoms with Gasteiger partial charge in [-0.15, -0.1) is 0 Å². The van der Waals surface area contributed by atoms with E-state index in [1.54, 1.807) is 36.5 Å². The van der Waals surface area contributed by atoms with E-state index in [9.17, 15) is 23.2 Å². The van der Waals surface area contributed by atoms with Gasteiger partial charge in [0.15, 0.2) is 5.82 Å². The Morgan fingerprint density at radius 1 is 1.09 bits per heavy atom. The van der Waals surface area contributed by atoms with Gasteiger partial charge in [-0.25, -0.2) is 20.0 Å². The van der Waals surface area contributed by atoms with Crippen molar-refractivity contribution in [2.75, 3.05) is 10.7 Å². The maximum absolute atomic E-state index is 13.8. The van der Waals surface area contributed by atoms with E-state index < -0.39 is 28.7 Å². The largest absolute Gasteiger partial charge is 0.417 e. The van der Waals surface area contributed by atoms with Crippen LogP contribution in [0.1, 0.15) is 29.4 Å². The van der Waals surface area contributed by atoms with Gasteiger partial charge >= 0.3 is 6.18 Å². The van der Waals surface area contributed by atoms with Gasteiger partial charge in [-0.2, -0.15) is 23.5 Å². The normalized spacial score (nSPS) is 15.5. The van der Waals surface area contributed by atoms with Crippen molar-refractivity contribution in [3.8, 4) is 11.8 Å². The summed E-state index contributed by atoms with van der Waals surface area (Å²) < 4.78 is 42.5. The SMILES string of the molecule is N#Cc1c(N)ncnc1N1N=CC[C@H]1c1nc2cccc(C(F)(F)F)c2c(=O)n1-c1ccccc1. The zero-order valence-electron chi connectivity index (χ0n) is 17.8. The van der Waals surface area contributed by atoms with Gasteiger partial charge in [0.2, 0.25) is 0 Å². The molecule has 9 nitrogen and oxygen atoms in total. The number of fused-ring (bicyclic) bond motifs is 1. The molecule has 2 aromatic carbocycles. The predicted molar refractivity (Wildman–Crippen MR) is 122 cm³/mol. The second-order valence-electron chi connectivity index (χ2n) is 7.61. The number of alkyl halides is 3. The van der Waals surface area contributed by atoms with E-state index in [0.717, 1.165) is 10.6 Å². The summed E-state index contributed by atoms with van der Waals surface area (Å²) in [6.07, 6.45) is -1.79. The second-order valence-corrected chi connectivity index (χ2v) is 7.61. The van der Waals surface area contributed by atoms with Crippen LogP contribution < -0.4 is 16.3 Å². The summed E-state index contributed by atoms with van der Waals surface area (Å²) in [7, 11) is 0. The number of benzene rings is 2. The minimum absolute atomic E-state index is 0.0229. The lowest BCUT2D eigenvalue weighted by Gasteiger charge is -2.26. The molecular weight excluding hydrogens is 461 g/mol. The number of rotatable bonds is 3. The first-order valence-electron chi connectivity index (χ1n) is 10.3. The van der Waals surface area contributed by atoms with Crippen LogP contribution in [0, 0.1) is 11.3 Å². The number of nitriles is 1. The fourth-order valence-electron chi connectivity index (χ4n) is 4.04. The summed E-state index contributed by atoms with van der Waals surface area (Å²) in [6.45, 7) is 0. The van der Waals surface area contributed by atoms with Crippen LogP contribution in [0.3, 0.4) is 0 Å². The van der Waals surface area contributed by atoms with Crippen LogP contribution in [0.4, 0.5) is 24.8 Å². The Morgan fingerprint density at radius 2 is 1.86 bits per heavy atom. The van der Waals surface area contributed by atoms with E-state index >= 15 is 0 Å². The highest BCUT2D eigenvalue weighted by Gasteiger charge is 2.37. The fraction of sp³-hybridized carbons (Fsp3) is 0.130. The van der Waals surface area contributed by atoms with Crippen LogP contribution in [0.25, 0.3) is 16.6 Å². The molecule has 0 saturated carbocycles. The Bertz CT molecular complexity index is 1570. The first kappa shape index (κ1) is 22.0. The van der Waals surface area contributed by atoms with Crippen molar-refractivity contribution in [1.82, 2.24) is 19.5 Å². The van der Waals surface area contributed by atoms with E-state index in [1.165, 1.54) is 23.5 Å². The maximum atomic E-state index is 13.8.